The summed E-state index contributed by atoms with van der Waals surface area (Å²) in [5, 5.41) is 27.0. The van der Waals surface area contributed by atoms with E-state index < -0.39 is 97.5 Å². The molecule has 3 atom stereocenters. The maximum atomic E-state index is 12.8. The first-order valence-corrected chi connectivity index (χ1v) is 12.5. The highest BCUT2D eigenvalue weighted by Gasteiger charge is 2.35. The van der Waals surface area contributed by atoms with Gasteiger partial charge in [-0.05, 0) is 19.3 Å². The molecule has 18 heteroatoms. The SMILES string of the molecule is CC(=O)N[C@@H](CCC(N)=O)C(=O)NCC(=O)N(C)[C@@H](CC(=O)O)C(=O)NCC(=O)N1CCC[C@H]1C(=O)NCC(=O)O. The van der Waals surface area contributed by atoms with Crippen molar-refractivity contribution in [1.82, 2.24) is 31.1 Å². The molecule has 1 heterocycles. The number of nitrogens with two attached hydrogens (primary N) is 1. The fourth-order valence-corrected chi connectivity index (χ4v) is 3.96. The zero-order valence-electron chi connectivity index (χ0n) is 22.6. The first kappa shape index (κ1) is 34.3. The van der Waals surface area contributed by atoms with E-state index in [0.717, 1.165) is 23.8 Å². The van der Waals surface area contributed by atoms with Gasteiger partial charge in [0, 0.05) is 26.9 Å². The number of primary amides is 1. The Balaban J connectivity index is 2.79. The molecule has 7 amide bonds. The second-order valence-electron chi connectivity index (χ2n) is 9.17. The summed E-state index contributed by atoms with van der Waals surface area (Å²) in [4.78, 5) is 109. The van der Waals surface area contributed by atoms with Crippen molar-refractivity contribution < 1.29 is 53.4 Å². The van der Waals surface area contributed by atoms with Gasteiger partial charge in [-0.1, -0.05) is 0 Å². The number of aliphatic carboxylic acids is 2. The van der Waals surface area contributed by atoms with Crippen LogP contribution in [-0.4, -0.2) is 125 Å². The molecule has 1 fully saturated rings. The van der Waals surface area contributed by atoms with Crippen LogP contribution < -0.4 is 27.0 Å². The number of nitrogens with zero attached hydrogens (tertiary/aromatic N) is 2. The van der Waals surface area contributed by atoms with Gasteiger partial charge in [-0.15, -0.1) is 0 Å². The van der Waals surface area contributed by atoms with Crippen LogP contribution in [0.1, 0.15) is 39.0 Å². The molecule has 41 heavy (non-hydrogen) atoms. The predicted molar refractivity (Wildman–Crippen MR) is 136 cm³/mol. The van der Waals surface area contributed by atoms with E-state index in [-0.39, 0.29) is 25.8 Å². The second kappa shape index (κ2) is 16.4. The van der Waals surface area contributed by atoms with Crippen LogP contribution in [0.2, 0.25) is 0 Å². The van der Waals surface area contributed by atoms with E-state index in [1.54, 1.807) is 0 Å². The number of carbonyl (C=O) groups excluding carboxylic acids is 7. The van der Waals surface area contributed by atoms with Gasteiger partial charge in [0.15, 0.2) is 0 Å². The molecule has 0 saturated carbocycles. The van der Waals surface area contributed by atoms with Gasteiger partial charge in [-0.25, -0.2) is 0 Å². The molecule has 1 saturated heterocycles. The Labute approximate surface area is 234 Å². The summed E-state index contributed by atoms with van der Waals surface area (Å²) < 4.78 is 0. The first-order valence-electron chi connectivity index (χ1n) is 12.5. The van der Waals surface area contributed by atoms with Crippen LogP contribution in [0, 0.1) is 0 Å². The molecule has 0 aromatic carbocycles. The minimum absolute atomic E-state index is 0.137. The third-order valence-electron chi connectivity index (χ3n) is 6.02. The molecule has 0 aromatic heterocycles. The molecule has 18 nitrogen and oxygen atoms in total. The monoisotopic (exact) mass is 585 g/mol. The molecule has 0 spiro atoms. The zero-order valence-corrected chi connectivity index (χ0v) is 22.6. The van der Waals surface area contributed by atoms with Crippen molar-refractivity contribution in [1.29, 1.82) is 0 Å². The molecular weight excluding hydrogens is 550 g/mol. The maximum absolute atomic E-state index is 12.8. The summed E-state index contributed by atoms with van der Waals surface area (Å²) in [7, 11) is 1.12. The molecule has 0 radical (unpaired) electrons. The summed E-state index contributed by atoms with van der Waals surface area (Å²) in [6.45, 7) is -0.635. The Morgan fingerprint density at radius 1 is 0.927 bits per heavy atom. The summed E-state index contributed by atoms with van der Waals surface area (Å²) in [6.07, 6.45) is -0.464. The minimum Gasteiger partial charge on any atom is -0.481 e. The highest BCUT2D eigenvalue weighted by Crippen LogP contribution is 2.17. The van der Waals surface area contributed by atoms with Gasteiger partial charge in [0.1, 0.15) is 24.7 Å². The van der Waals surface area contributed by atoms with E-state index in [1.807, 2.05) is 0 Å². The van der Waals surface area contributed by atoms with E-state index in [9.17, 15) is 48.3 Å². The molecule has 0 aromatic rings. The van der Waals surface area contributed by atoms with Crippen LogP contribution >= 0.6 is 0 Å². The number of carboxylic acid groups (broad SMARTS) is 2. The van der Waals surface area contributed by atoms with E-state index >= 15 is 0 Å². The average Bonchev–Trinajstić information content (AvgIpc) is 3.39. The standard InChI is InChI=1S/C23H35N7O11/c1-12(31)28-13(5-6-16(24)32)21(39)25-9-17(33)29(2)15(8-19(35)36)23(41)26-10-18(34)30-7-3-4-14(30)22(40)27-11-20(37)38/h13-15H,3-11H2,1-2H3,(H2,24,32)(H,25,39)(H,26,41)(H,27,40)(H,28,31)(H,35,36)(H,37,38)/t13-,14-,15-/m0/s1. The summed E-state index contributed by atoms with van der Waals surface area (Å²) in [5.74, 6) is -8.03. The van der Waals surface area contributed by atoms with Crippen molar-refractivity contribution in [2.45, 2.75) is 57.2 Å². The molecule has 0 unspecified atom stereocenters. The normalized spacial score (nSPS) is 15.6. The molecule has 228 valence electrons. The van der Waals surface area contributed by atoms with Crippen LogP contribution in [0.5, 0.6) is 0 Å². The molecule has 1 rings (SSSR count). The van der Waals surface area contributed by atoms with Crippen molar-refractivity contribution in [3.8, 4) is 0 Å². The zero-order chi connectivity index (χ0) is 31.3. The second-order valence-corrected chi connectivity index (χ2v) is 9.17. The van der Waals surface area contributed by atoms with Crippen molar-refractivity contribution in [3.63, 3.8) is 0 Å². The topological polar surface area (TPSA) is 275 Å². The molecule has 0 bridgehead atoms. The number of amides is 7. The first-order chi connectivity index (χ1) is 19.1. The van der Waals surface area contributed by atoms with Crippen molar-refractivity contribution in [3.05, 3.63) is 0 Å². The Kier molecular flexibility index (Phi) is 13.7. The van der Waals surface area contributed by atoms with Gasteiger partial charge in [0.2, 0.25) is 41.4 Å². The van der Waals surface area contributed by atoms with Crippen LogP contribution in [-0.2, 0) is 43.2 Å². The quantitative estimate of drug-likeness (QED) is 0.0906. The van der Waals surface area contributed by atoms with E-state index in [4.69, 9.17) is 10.8 Å². The number of rotatable bonds is 16. The lowest BCUT2D eigenvalue weighted by Gasteiger charge is -2.28. The number of carboxylic acids is 2. The molecule has 1 aliphatic rings. The van der Waals surface area contributed by atoms with Gasteiger partial charge in [0.05, 0.1) is 19.5 Å². The molecule has 0 aliphatic carbocycles. The third-order valence-corrected chi connectivity index (χ3v) is 6.02. The highest BCUT2D eigenvalue weighted by atomic mass is 16.4. The fraction of sp³-hybridized carbons (Fsp3) is 0.609. The number of likely N-dealkylation sites (N-methyl/N-ethyl adjacent to an activating group) is 1. The molecular formula is C23H35N7O11. The fourth-order valence-electron chi connectivity index (χ4n) is 3.96. The number of carbonyl (C=O) groups is 9. The Hall–Kier alpha value is -4.77. The van der Waals surface area contributed by atoms with E-state index in [2.05, 4.69) is 21.3 Å². The predicted octanol–water partition coefficient (Wildman–Crippen LogP) is -4.52. The molecule has 1 aliphatic heterocycles. The Morgan fingerprint density at radius 2 is 1.56 bits per heavy atom. The summed E-state index contributed by atoms with van der Waals surface area (Å²) in [6, 6.07) is -3.70. The number of hydrogen-bond acceptors (Lipinski definition) is 9. The third kappa shape index (κ3) is 11.9. The van der Waals surface area contributed by atoms with Crippen LogP contribution in [0.4, 0.5) is 0 Å². The van der Waals surface area contributed by atoms with Crippen LogP contribution in [0.3, 0.4) is 0 Å². The van der Waals surface area contributed by atoms with E-state index in [0.29, 0.717) is 6.42 Å². The number of hydrogen-bond donors (Lipinski definition) is 7. The average molecular weight is 586 g/mol. The van der Waals surface area contributed by atoms with Crippen LogP contribution in [0.25, 0.3) is 0 Å². The smallest absolute Gasteiger partial charge is 0.322 e. The van der Waals surface area contributed by atoms with Crippen molar-refractivity contribution >= 4 is 53.3 Å². The Bertz CT molecular complexity index is 1060. The lowest BCUT2D eigenvalue weighted by atomic mass is 10.1. The lowest BCUT2D eigenvalue weighted by molar-refractivity contribution is -0.146. The van der Waals surface area contributed by atoms with Crippen molar-refractivity contribution in [2.75, 3.05) is 33.2 Å². The van der Waals surface area contributed by atoms with Gasteiger partial charge < -0.3 is 47.0 Å². The molecule has 8 N–H and O–H groups in total. The van der Waals surface area contributed by atoms with Crippen molar-refractivity contribution in [2.24, 2.45) is 5.73 Å². The maximum Gasteiger partial charge on any atom is 0.322 e. The summed E-state index contributed by atoms with van der Waals surface area (Å²) in [5.41, 5.74) is 5.06. The Morgan fingerprint density at radius 3 is 2.12 bits per heavy atom. The number of nitrogens with one attached hydrogen (secondary N) is 4. The van der Waals surface area contributed by atoms with Crippen LogP contribution in [0.15, 0.2) is 0 Å². The lowest BCUT2D eigenvalue weighted by Crippen LogP contribution is -2.54. The van der Waals surface area contributed by atoms with Gasteiger partial charge in [-0.3, -0.25) is 43.2 Å². The highest BCUT2D eigenvalue weighted by molar-refractivity contribution is 5.96. The summed E-state index contributed by atoms with van der Waals surface area (Å²) >= 11 is 0. The largest absolute Gasteiger partial charge is 0.481 e. The number of likely N-dealkylation sites (tertiary alicyclic amines) is 1. The van der Waals surface area contributed by atoms with Gasteiger partial charge >= 0.3 is 11.9 Å². The minimum atomic E-state index is -1.58. The van der Waals surface area contributed by atoms with E-state index in [1.165, 1.54) is 0 Å². The van der Waals surface area contributed by atoms with Gasteiger partial charge in [-0.2, -0.15) is 0 Å². The van der Waals surface area contributed by atoms with Gasteiger partial charge in [0.25, 0.3) is 0 Å².